The number of halogens is 1. The van der Waals surface area contributed by atoms with Gasteiger partial charge in [0.15, 0.2) is 0 Å². The maximum absolute atomic E-state index is 12.2. The Morgan fingerprint density at radius 1 is 1.42 bits per heavy atom. The van der Waals surface area contributed by atoms with Crippen molar-refractivity contribution in [2.24, 2.45) is 0 Å². The van der Waals surface area contributed by atoms with E-state index in [-0.39, 0.29) is 11.9 Å². The number of nitrogens with one attached hydrogen (secondary N) is 2. The smallest absolute Gasteiger partial charge is 0.241 e. The summed E-state index contributed by atoms with van der Waals surface area (Å²) in [5.41, 5.74) is 0.977. The van der Waals surface area contributed by atoms with E-state index in [1.54, 1.807) is 18.2 Å². The van der Waals surface area contributed by atoms with Crippen LogP contribution in [0.5, 0.6) is 0 Å². The molecule has 19 heavy (non-hydrogen) atoms. The van der Waals surface area contributed by atoms with E-state index in [0.29, 0.717) is 16.3 Å². The summed E-state index contributed by atoms with van der Waals surface area (Å²) < 4.78 is 0. The van der Waals surface area contributed by atoms with Gasteiger partial charge in [0.25, 0.3) is 0 Å². The zero-order valence-electron chi connectivity index (χ0n) is 10.6. The minimum absolute atomic E-state index is 0.0844. The number of carbonyl (C=O) groups excluding carboxylic acids is 1. The van der Waals surface area contributed by atoms with Gasteiger partial charge in [0.1, 0.15) is 0 Å². The second-order valence-corrected chi connectivity index (χ2v) is 5.06. The summed E-state index contributed by atoms with van der Waals surface area (Å²) in [6, 6.07) is 6.70. The topological polar surface area (TPSA) is 64.9 Å². The van der Waals surface area contributed by atoms with Crippen molar-refractivity contribution < 1.29 is 4.79 Å². The van der Waals surface area contributed by atoms with Crippen LogP contribution in [0.4, 0.5) is 5.69 Å². The molecule has 0 bridgehead atoms. The Morgan fingerprint density at radius 3 is 3.05 bits per heavy atom. The number of benzene rings is 1. The second-order valence-electron chi connectivity index (χ2n) is 4.65. The Kier molecular flexibility index (Phi) is 4.78. The molecule has 1 heterocycles. The first-order chi connectivity index (χ1) is 9.20. The minimum Gasteiger partial charge on any atom is -0.323 e. The minimum atomic E-state index is -0.177. The van der Waals surface area contributed by atoms with Gasteiger partial charge in [-0.3, -0.25) is 4.79 Å². The van der Waals surface area contributed by atoms with Gasteiger partial charge in [-0.2, -0.15) is 5.26 Å². The van der Waals surface area contributed by atoms with Crippen LogP contribution < -0.4 is 10.6 Å². The average molecular weight is 278 g/mol. The predicted octanol–water partition coefficient (Wildman–Crippen LogP) is 2.68. The molecule has 4 nitrogen and oxygen atoms in total. The van der Waals surface area contributed by atoms with E-state index < -0.39 is 0 Å². The molecular formula is C14H16ClN3O. The van der Waals surface area contributed by atoms with Gasteiger partial charge in [-0.15, -0.1) is 0 Å². The third kappa shape index (κ3) is 3.69. The first kappa shape index (κ1) is 13.9. The highest BCUT2D eigenvalue weighted by Crippen LogP contribution is 2.23. The van der Waals surface area contributed by atoms with Crippen LogP contribution in [0, 0.1) is 11.3 Å². The van der Waals surface area contributed by atoms with Gasteiger partial charge in [0.2, 0.25) is 5.91 Å². The lowest BCUT2D eigenvalue weighted by Gasteiger charge is -2.16. The summed E-state index contributed by atoms with van der Waals surface area (Å²) in [6.07, 6.45) is 4.15. The number of rotatable bonds is 2. The molecule has 0 radical (unpaired) electrons. The quantitative estimate of drug-likeness (QED) is 0.873. The fourth-order valence-corrected chi connectivity index (χ4v) is 2.33. The number of hydrogen-bond acceptors (Lipinski definition) is 3. The number of nitriles is 1. The SMILES string of the molecule is N#Cc1ccc(Cl)c(NC(=O)C2CCCCCN2)c1. The maximum Gasteiger partial charge on any atom is 0.241 e. The lowest BCUT2D eigenvalue weighted by molar-refractivity contribution is -0.118. The summed E-state index contributed by atoms with van der Waals surface area (Å²) in [5, 5.41) is 15.3. The molecule has 1 amide bonds. The zero-order valence-corrected chi connectivity index (χ0v) is 11.3. The van der Waals surface area contributed by atoms with Crippen LogP contribution in [0.25, 0.3) is 0 Å². The van der Waals surface area contributed by atoms with Crippen LogP contribution in [0.1, 0.15) is 31.2 Å². The van der Waals surface area contributed by atoms with Gasteiger partial charge in [0, 0.05) is 0 Å². The van der Waals surface area contributed by atoms with E-state index in [1.165, 1.54) is 0 Å². The molecule has 0 aromatic heterocycles. The molecule has 1 fully saturated rings. The number of hydrogen-bond donors (Lipinski definition) is 2. The lowest BCUT2D eigenvalue weighted by Crippen LogP contribution is -2.39. The van der Waals surface area contributed by atoms with Crippen molar-refractivity contribution in [2.75, 3.05) is 11.9 Å². The summed E-state index contributed by atoms with van der Waals surface area (Å²) in [4.78, 5) is 12.2. The number of nitrogens with zero attached hydrogens (tertiary/aromatic N) is 1. The van der Waals surface area contributed by atoms with Crippen molar-refractivity contribution in [3.63, 3.8) is 0 Å². The van der Waals surface area contributed by atoms with Gasteiger partial charge >= 0.3 is 0 Å². The van der Waals surface area contributed by atoms with Crippen molar-refractivity contribution in [1.82, 2.24) is 5.32 Å². The Bertz CT molecular complexity index is 502. The highest BCUT2D eigenvalue weighted by atomic mass is 35.5. The fourth-order valence-electron chi connectivity index (χ4n) is 2.16. The highest BCUT2D eigenvalue weighted by Gasteiger charge is 2.20. The molecule has 1 saturated heterocycles. The van der Waals surface area contributed by atoms with E-state index >= 15 is 0 Å². The van der Waals surface area contributed by atoms with Crippen LogP contribution >= 0.6 is 11.6 Å². The van der Waals surface area contributed by atoms with E-state index in [9.17, 15) is 4.79 Å². The summed E-state index contributed by atoms with van der Waals surface area (Å²) in [6.45, 7) is 0.865. The van der Waals surface area contributed by atoms with Crippen molar-refractivity contribution >= 4 is 23.2 Å². The molecule has 0 aliphatic carbocycles. The normalized spacial score (nSPS) is 19.3. The Morgan fingerprint density at radius 2 is 2.26 bits per heavy atom. The Hall–Kier alpha value is -1.57. The molecule has 0 saturated carbocycles. The third-order valence-electron chi connectivity index (χ3n) is 3.23. The van der Waals surface area contributed by atoms with Gasteiger partial charge in [0.05, 0.1) is 28.4 Å². The van der Waals surface area contributed by atoms with Gasteiger partial charge in [-0.1, -0.05) is 24.4 Å². The molecule has 1 unspecified atom stereocenters. The molecule has 2 rings (SSSR count). The Balaban J connectivity index is 2.07. The van der Waals surface area contributed by atoms with Crippen molar-refractivity contribution in [3.8, 4) is 6.07 Å². The molecule has 5 heteroatoms. The number of carbonyl (C=O) groups is 1. The van der Waals surface area contributed by atoms with Crippen LogP contribution in [-0.2, 0) is 4.79 Å². The van der Waals surface area contributed by atoms with Crippen LogP contribution in [0.15, 0.2) is 18.2 Å². The average Bonchev–Trinajstić information content (AvgIpc) is 2.70. The Labute approximate surface area is 117 Å². The lowest BCUT2D eigenvalue weighted by atomic mass is 10.1. The monoisotopic (exact) mass is 277 g/mol. The van der Waals surface area contributed by atoms with E-state index in [0.717, 1.165) is 32.2 Å². The summed E-state index contributed by atoms with van der Waals surface area (Å²) in [7, 11) is 0. The molecule has 100 valence electrons. The first-order valence-corrected chi connectivity index (χ1v) is 6.82. The van der Waals surface area contributed by atoms with Gasteiger partial charge in [-0.05, 0) is 37.6 Å². The predicted molar refractivity (Wildman–Crippen MR) is 75.1 cm³/mol. The largest absolute Gasteiger partial charge is 0.323 e. The molecule has 1 aliphatic rings. The van der Waals surface area contributed by atoms with Crippen molar-refractivity contribution in [1.29, 1.82) is 5.26 Å². The van der Waals surface area contributed by atoms with E-state index in [4.69, 9.17) is 16.9 Å². The molecule has 1 atom stereocenters. The van der Waals surface area contributed by atoms with Crippen molar-refractivity contribution in [2.45, 2.75) is 31.7 Å². The number of anilines is 1. The first-order valence-electron chi connectivity index (χ1n) is 6.44. The molecular weight excluding hydrogens is 262 g/mol. The van der Waals surface area contributed by atoms with E-state index in [2.05, 4.69) is 10.6 Å². The van der Waals surface area contributed by atoms with Crippen molar-refractivity contribution in [3.05, 3.63) is 28.8 Å². The zero-order chi connectivity index (χ0) is 13.7. The van der Waals surface area contributed by atoms with Crippen LogP contribution in [0.3, 0.4) is 0 Å². The second kappa shape index (κ2) is 6.55. The molecule has 1 aliphatic heterocycles. The van der Waals surface area contributed by atoms with Gasteiger partial charge in [-0.25, -0.2) is 0 Å². The summed E-state index contributed by atoms with van der Waals surface area (Å²) in [5.74, 6) is -0.0844. The van der Waals surface area contributed by atoms with Gasteiger partial charge < -0.3 is 10.6 Å². The molecule has 1 aromatic carbocycles. The third-order valence-corrected chi connectivity index (χ3v) is 3.56. The number of amides is 1. The van der Waals surface area contributed by atoms with Crippen LogP contribution in [-0.4, -0.2) is 18.5 Å². The molecule has 0 spiro atoms. The maximum atomic E-state index is 12.2. The highest BCUT2D eigenvalue weighted by molar-refractivity contribution is 6.33. The molecule has 1 aromatic rings. The summed E-state index contributed by atoms with van der Waals surface area (Å²) >= 11 is 6.02. The van der Waals surface area contributed by atoms with Crippen LogP contribution in [0.2, 0.25) is 5.02 Å². The standard InChI is InChI=1S/C14H16ClN3O/c15-11-6-5-10(9-16)8-13(11)18-14(19)12-4-2-1-3-7-17-12/h5-6,8,12,17H,1-4,7H2,(H,18,19). The van der Waals surface area contributed by atoms with E-state index in [1.807, 2.05) is 6.07 Å². The fraction of sp³-hybridized carbons (Fsp3) is 0.429. The molecule has 2 N–H and O–H groups in total.